The van der Waals surface area contributed by atoms with E-state index in [4.69, 9.17) is 0 Å². The Morgan fingerprint density at radius 2 is 1.55 bits per heavy atom. The Morgan fingerprint density at radius 3 is 2.27 bits per heavy atom. The van der Waals surface area contributed by atoms with E-state index in [1.807, 2.05) is 11.8 Å². The number of rotatable bonds is 10. The number of fused-ring (bicyclic) bond motifs is 2. The van der Waals surface area contributed by atoms with E-state index in [0.717, 1.165) is 30.5 Å². The Labute approximate surface area is 270 Å². The molecule has 0 fully saturated rings. The number of aromatic nitrogens is 1. The van der Waals surface area contributed by atoms with Crippen LogP contribution in [-0.2, 0) is 32.7 Å². The molecule has 0 bridgehead atoms. The van der Waals surface area contributed by atoms with E-state index in [0.29, 0.717) is 0 Å². The number of pyridine rings is 1. The van der Waals surface area contributed by atoms with Crippen LogP contribution >= 0.6 is 11.8 Å². The van der Waals surface area contributed by atoms with E-state index in [1.165, 1.54) is 56.4 Å². The Bertz CT molecular complexity index is 1460. The van der Waals surface area contributed by atoms with E-state index >= 15 is 0 Å². The van der Waals surface area contributed by atoms with E-state index in [9.17, 15) is 0 Å². The number of para-hydroxylation sites is 3. The summed E-state index contributed by atoms with van der Waals surface area (Å²) in [6, 6.07) is 30.8. The Balaban J connectivity index is 0.00000370. The minimum Gasteiger partial charge on any atom is -0.338 e. The molecular formula is C34H42N4SY+2. The SMILES string of the molecule is CCCCN(CCC[N+](C)(C)C)c1cc(C=C2Sc3ccccc3N2C)c2ccccc2[n+]1-c1ccccc1.[Y]. The second-order valence-corrected chi connectivity index (χ2v) is 12.5. The average molecular weight is 628 g/mol. The first-order valence-corrected chi connectivity index (χ1v) is 15.0. The van der Waals surface area contributed by atoms with Crippen LogP contribution in [0.5, 0.6) is 0 Å². The smallest absolute Gasteiger partial charge is 0.282 e. The van der Waals surface area contributed by atoms with Crippen molar-refractivity contribution in [3.8, 4) is 5.69 Å². The fourth-order valence-corrected chi connectivity index (χ4v) is 6.43. The second-order valence-electron chi connectivity index (χ2n) is 11.5. The molecule has 40 heavy (non-hydrogen) atoms. The predicted molar refractivity (Wildman–Crippen MR) is 169 cm³/mol. The van der Waals surface area contributed by atoms with Crippen LogP contribution < -0.4 is 14.4 Å². The maximum atomic E-state index is 2.63. The van der Waals surface area contributed by atoms with E-state index < -0.39 is 0 Å². The van der Waals surface area contributed by atoms with E-state index in [2.05, 4.69) is 140 Å². The van der Waals surface area contributed by atoms with Gasteiger partial charge >= 0.3 is 0 Å². The van der Waals surface area contributed by atoms with Crippen LogP contribution in [-0.4, -0.2) is 52.3 Å². The van der Waals surface area contributed by atoms with Crippen LogP contribution in [0.15, 0.2) is 94.9 Å². The van der Waals surface area contributed by atoms with Gasteiger partial charge in [0, 0.05) is 62.5 Å². The van der Waals surface area contributed by atoms with Gasteiger partial charge in [-0.05, 0) is 48.4 Å². The number of hydrogen-bond acceptors (Lipinski definition) is 3. The molecule has 205 valence electrons. The molecule has 1 aliphatic heterocycles. The zero-order chi connectivity index (χ0) is 27.4. The molecule has 4 aromatic rings. The summed E-state index contributed by atoms with van der Waals surface area (Å²) in [5, 5.41) is 2.53. The molecule has 1 aromatic heterocycles. The maximum absolute atomic E-state index is 2.63. The van der Waals surface area contributed by atoms with Gasteiger partial charge in [0.05, 0.1) is 51.5 Å². The molecule has 2 heterocycles. The molecular weight excluding hydrogens is 585 g/mol. The normalized spacial score (nSPS) is 13.9. The molecule has 0 N–H and O–H groups in total. The molecule has 4 nitrogen and oxygen atoms in total. The van der Waals surface area contributed by atoms with Crippen molar-refractivity contribution in [3.05, 3.63) is 95.5 Å². The molecule has 1 aliphatic rings. The topological polar surface area (TPSA) is 10.4 Å². The summed E-state index contributed by atoms with van der Waals surface area (Å²) >= 11 is 1.86. The number of anilines is 2. The number of hydrogen-bond donors (Lipinski definition) is 0. The Kier molecular flexibility index (Phi) is 10.5. The minimum absolute atomic E-state index is 0. The van der Waals surface area contributed by atoms with Gasteiger partial charge < -0.3 is 9.38 Å². The van der Waals surface area contributed by atoms with Crippen molar-refractivity contribution < 1.29 is 41.8 Å². The number of quaternary nitrogens is 1. The zero-order valence-corrected chi connectivity index (χ0v) is 28.3. The van der Waals surface area contributed by atoms with Crippen LogP contribution in [0, 0.1) is 0 Å². The van der Waals surface area contributed by atoms with E-state index in [1.54, 1.807) is 0 Å². The van der Waals surface area contributed by atoms with E-state index in [-0.39, 0.29) is 32.7 Å². The average Bonchev–Trinajstić information content (AvgIpc) is 3.25. The largest absolute Gasteiger partial charge is 0.338 e. The maximum Gasteiger partial charge on any atom is 0.282 e. The molecule has 0 spiro atoms. The third kappa shape index (κ3) is 6.99. The first-order chi connectivity index (χ1) is 18.9. The molecule has 3 aromatic carbocycles. The Hall–Kier alpha value is -2.18. The third-order valence-corrected chi connectivity index (χ3v) is 8.56. The number of nitrogens with zero attached hydrogens (tertiary/aromatic N) is 4. The molecule has 0 atom stereocenters. The molecule has 0 unspecified atom stereocenters. The van der Waals surface area contributed by atoms with Gasteiger partial charge in [0.25, 0.3) is 5.82 Å². The van der Waals surface area contributed by atoms with Gasteiger partial charge in [0.2, 0.25) is 0 Å². The summed E-state index contributed by atoms with van der Waals surface area (Å²) in [5.74, 6) is 1.27. The van der Waals surface area contributed by atoms with Crippen LogP contribution in [0.4, 0.5) is 11.5 Å². The Morgan fingerprint density at radius 1 is 0.875 bits per heavy atom. The van der Waals surface area contributed by atoms with Crippen LogP contribution in [0.2, 0.25) is 0 Å². The predicted octanol–water partition coefficient (Wildman–Crippen LogP) is 7.36. The fourth-order valence-electron chi connectivity index (χ4n) is 5.32. The van der Waals surface area contributed by atoms with Gasteiger partial charge in [-0.1, -0.05) is 73.6 Å². The summed E-state index contributed by atoms with van der Waals surface area (Å²) in [6.07, 6.45) is 5.90. The summed E-state index contributed by atoms with van der Waals surface area (Å²) < 4.78 is 3.46. The monoisotopic (exact) mass is 627 g/mol. The summed E-state index contributed by atoms with van der Waals surface area (Å²) in [6.45, 7) is 5.53. The van der Waals surface area contributed by atoms with Crippen molar-refractivity contribution in [2.45, 2.75) is 31.1 Å². The van der Waals surface area contributed by atoms with Crippen molar-refractivity contribution in [3.63, 3.8) is 0 Å². The van der Waals surface area contributed by atoms with Crippen LogP contribution in [0.1, 0.15) is 31.7 Å². The van der Waals surface area contributed by atoms with Gasteiger partial charge in [0.1, 0.15) is 11.2 Å². The number of unbranched alkanes of at least 4 members (excludes halogenated alkanes) is 1. The second kappa shape index (κ2) is 13.7. The van der Waals surface area contributed by atoms with Gasteiger partial charge in [-0.2, -0.15) is 4.57 Å². The first-order valence-electron chi connectivity index (χ1n) is 14.2. The third-order valence-electron chi connectivity index (χ3n) is 7.40. The van der Waals surface area contributed by atoms with Gasteiger partial charge in [-0.25, -0.2) is 0 Å². The van der Waals surface area contributed by atoms with Crippen molar-refractivity contribution in [2.75, 3.05) is 57.6 Å². The standard InChI is InChI=1S/C34H42N4S.Y/c1-6-7-22-36(23-15-24-38(3,4)5)33-25-27(26-34-35(2)31-20-13-14-21-32(31)39-34)29-18-11-12-19-30(29)37(33)28-16-9-8-10-17-28;/h8-14,16-21,25-26H,6-7,15,22-24H2,1-5H3;/q+2;. The van der Waals surface area contributed by atoms with Crippen molar-refractivity contribution in [2.24, 2.45) is 0 Å². The van der Waals surface area contributed by atoms with Crippen molar-refractivity contribution in [1.29, 1.82) is 0 Å². The van der Waals surface area contributed by atoms with Gasteiger partial charge in [-0.15, -0.1) is 0 Å². The number of thioether (sulfide) groups is 1. The summed E-state index contributed by atoms with van der Waals surface area (Å²) in [7, 11) is 9.04. The molecule has 0 amide bonds. The van der Waals surface area contributed by atoms with Gasteiger partial charge in [0.15, 0.2) is 0 Å². The minimum atomic E-state index is 0. The number of benzene rings is 3. The molecule has 0 saturated carbocycles. The van der Waals surface area contributed by atoms with Crippen molar-refractivity contribution >= 4 is 40.2 Å². The summed E-state index contributed by atoms with van der Waals surface area (Å²) in [5.41, 5.74) is 4.99. The van der Waals surface area contributed by atoms with Crippen LogP contribution in [0.3, 0.4) is 0 Å². The van der Waals surface area contributed by atoms with Gasteiger partial charge in [-0.3, -0.25) is 4.90 Å². The van der Waals surface area contributed by atoms with Crippen molar-refractivity contribution in [1.82, 2.24) is 0 Å². The molecule has 0 saturated heterocycles. The zero-order valence-electron chi connectivity index (χ0n) is 24.7. The quantitative estimate of drug-likeness (QED) is 0.135. The molecule has 6 heteroatoms. The molecule has 5 rings (SSSR count). The summed E-state index contributed by atoms with van der Waals surface area (Å²) in [4.78, 5) is 6.26. The fraction of sp³-hybridized carbons (Fsp3) is 0.324. The van der Waals surface area contributed by atoms with Crippen LogP contribution in [0.25, 0.3) is 22.7 Å². The first kappa shape index (κ1) is 30.8. The molecule has 1 radical (unpaired) electrons. The molecule has 0 aliphatic carbocycles.